The van der Waals surface area contributed by atoms with Gasteiger partial charge in [-0.05, 0) is 28.1 Å². The van der Waals surface area contributed by atoms with Crippen LogP contribution in [0.5, 0.6) is 0 Å². The molecule has 2 heteroatoms. The lowest BCUT2D eigenvalue weighted by Gasteiger charge is -2.20. The van der Waals surface area contributed by atoms with E-state index in [-0.39, 0.29) is 0 Å². The van der Waals surface area contributed by atoms with Gasteiger partial charge >= 0.3 is 0 Å². The molecule has 0 atom stereocenters. The molecule has 0 fully saturated rings. The molecule has 0 amide bonds. The van der Waals surface area contributed by atoms with Gasteiger partial charge in [0.15, 0.2) is 0 Å². The van der Waals surface area contributed by atoms with Gasteiger partial charge in [0.05, 0.1) is 6.67 Å². The highest BCUT2D eigenvalue weighted by atomic mass is 15.3. The molecule has 0 aromatic carbocycles. The van der Waals surface area contributed by atoms with E-state index in [1.165, 1.54) is 5.57 Å². The first-order chi connectivity index (χ1) is 4.52. The summed E-state index contributed by atoms with van der Waals surface area (Å²) in [5, 5.41) is 0. The molecule has 60 valence electrons. The van der Waals surface area contributed by atoms with Crippen LogP contribution < -0.4 is 0 Å². The minimum Gasteiger partial charge on any atom is -0.297 e. The van der Waals surface area contributed by atoms with Gasteiger partial charge in [-0.25, -0.2) is 0 Å². The Morgan fingerprint density at radius 2 is 1.80 bits per heavy atom. The fourth-order valence-electron chi connectivity index (χ4n) is 0.994. The van der Waals surface area contributed by atoms with E-state index in [1.807, 2.05) is 6.92 Å². The van der Waals surface area contributed by atoms with E-state index >= 15 is 0 Å². The molecule has 0 bridgehead atoms. The molecule has 0 aromatic heterocycles. The van der Waals surface area contributed by atoms with E-state index in [2.05, 4.69) is 37.5 Å². The van der Waals surface area contributed by atoms with Crippen molar-refractivity contribution in [3.8, 4) is 0 Å². The van der Waals surface area contributed by atoms with Gasteiger partial charge in [0, 0.05) is 6.54 Å². The molecule has 0 aliphatic carbocycles. The van der Waals surface area contributed by atoms with Crippen LogP contribution in [0.3, 0.4) is 0 Å². The fraction of sp³-hybridized carbons (Fsp3) is 0.750. The monoisotopic (exact) mass is 142 g/mol. The Hall–Kier alpha value is -0.340. The van der Waals surface area contributed by atoms with Crippen LogP contribution in [0.4, 0.5) is 0 Å². The molecule has 0 heterocycles. The summed E-state index contributed by atoms with van der Waals surface area (Å²) in [5.41, 5.74) is 1.21. The standard InChI is InChI=1S/C8H18N2/c1-8(2)6-10(5)7-9(3)4/h1,6-7H2,2-5H3. The Bertz CT molecular complexity index is 108. The zero-order chi connectivity index (χ0) is 8.15. The van der Waals surface area contributed by atoms with Crippen LogP contribution in [0.1, 0.15) is 6.92 Å². The Kier molecular flexibility index (Phi) is 4.32. The number of nitrogens with zero attached hydrogens (tertiary/aromatic N) is 2. The second kappa shape index (κ2) is 4.47. The van der Waals surface area contributed by atoms with Crippen molar-refractivity contribution in [2.75, 3.05) is 34.4 Å². The number of hydrogen-bond acceptors (Lipinski definition) is 2. The average molecular weight is 142 g/mol. The Labute approximate surface area is 64.1 Å². The number of hydrogen-bond donors (Lipinski definition) is 0. The smallest absolute Gasteiger partial charge is 0.0501 e. The fourth-order valence-corrected chi connectivity index (χ4v) is 0.994. The van der Waals surface area contributed by atoms with Crippen molar-refractivity contribution in [1.29, 1.82) is 0 Å². The maximum absolute atomic E-state index is 3.84. The third-order valence-corrected chi connectivity index (χ3v) is 1.06. The van der Waals surface area contributed by atoms with E-state index in [1.54, 1.807) is 0 Å². The van der Waals surface area contributed by atoms with Crippen LogP contribution in [-0.2, 0) is 0 Å². The molecule has 10 heavy (non-hydrogen) atoms. The first kappa shape index (κ1) is 9.66. The molecular formula is C8H18N2. The summed E-state index contributed by atoms with van der Waals surface area (Å²) in [7, 11) is 6.22. The Morgan fingerprint density at radius 1 is 1.30 bits per heavy atom. The second-order valence-corrected chi connectivity index (χ2v) is 3.19. The van der Waals surface area contributed by atoms with Gasteiger partial charge in [-0.2, -0.15) is 0 Å². The zero-order valence-electron chi connectivity index (χ0n) is 7.52. The Balaban J connectivity index is 3.43. The van der Waals surface area contributed by atoms with Gasteiger partial charge in [-0.15, -0.1) is 0 Å². The lowest BCUT2D eigenvalue weighted by atomic mass is 10.3. The predicted octanol–water partition coefficient (Wildman–Crippen LogP) is 1.01. The van der Waals surface area contributed by atoms with Crippen LogP contribution in [0.15, 0.2) is 12.2 Å². The molecule has 0 aromatic rings. The third kappa shape index (κ3) is 5.79. The second-order valence-electron chi connectivity index (χ2n) is 3.19. The van der Waals surface area contributed by atoms with Crippen molar-refractivity contribution < 1.29 is 0 Å². The predicted molar refractivity (Wildman–Crippen MR) is 46.0 cm³/mol. The largest absolute Gasteiger partial charge is 0.297 e. The Morgan fingerprint density at radius 3 is 2.10 bits per heavy atom. The molecular weight excluding hydrogens is 124 g/mol. The van der Waals surface area contributed by atoms with Gasteiger partial charge in [-0.1, -0.05) is 12.2 Å². The minimum atomic E-state index is 0.984. The lowest BCUT2D eigenvalue weighted by molar-refractivity contribution is 0.224. The SMILES string of the molecule is C=C(C)CN(C)CN(C)C. The summed E-state index contributed by atoms with van der Waals surface area (Å²) in [6.07, 6.45) is 0. The highest BCUT2D eigenvalue weighted by Gasteiger charge is 1.97. The minimum absolute atomic E-state index is 0.984. The quantitative estimate of drug-likeness (QED) is 0.427. The first-order valence-electron chi connectivity index (χ1n) is 3.50. The van der Waals surface area contributed by atoms with E-state index in [0.717, 1.165) is 13.2 Å². The molecule has 0 rings (SSSR count). The average Bonchev–Trinajstić information content (AvgIpc) is 1.58. The van der Waals surface area contributed by atoms with Crippen LogP contribution in [-0.4, -0.2) is 44.2 Å². The summed E-state index contributed by atoms with van der Waals surface area (Å²) < 4.78 is 0. The van der Waals surface area contributed by atoms with E-state index in [4.69, 9.17) is 0 Å². The molecule has 0 N–H and O–H groups in total. The molecule has 0 unspecified atom stereocenters. The number of likely N-dealkylation sites (N-methyl/N-ethyl adjacent to an activating group) is 1. The van der Waals surface area contributed by atoms with E-state index in [9.17, 15) is 0 Å². The third-order valence-electron chi connectivity index (χ3n) is 1.06. The van der Waals surface area contributed by atoms with Gasteiger partial charge in [-0.3, -0.25) is 9.80 Å². The summed E-state index contributed by atoms with van der Waals surface area (Å²) in [4.78, 5) is 4.37. The van der Waals surface area contributed by atoms with Crippen LogP contribution in [0, 0.1) is 0 Å². The van der Waals surface area contributed by atoms with E-state index < -0.39 is 0 Å². The molecule has 0 aliphatic rings. The lowest BCUT2D eigenvalue weighted by Crippen LogP contribution is -2.31. The van der Waals surface area contributed by atoms with Crippen molar-refractivity contribution in [1.82, 2.24) is 9.80 Å². The summed E-state index contributed by atoms with van der Waals surface area (Å²) in [5.74, 6) is 0. The topological polar surface area (TPSA) is 6.48 Å². The van der Waals surface area contributed by atoms with Crippen molar-refractivity contribution in [2.45, 2.75) is 6.92 Å². The van der Waals surface area contributed by atoms with E-state index in [0.29, 0.717) is 0 Å². The normalized spacial score (nSPS) is 11.0. The van der Waals surface area contributed by atoms with Crippen LogP contribution >= 0.6 is 0 Å². The summed E-state index contributed by atoms with van der Waals surface area (Å²) in [6, 6.07) is 0. The van der Waals surface area contributed by atoms with Gasteiger partial charge < -0.3 is 0 Å². The molecule has 0 radical (unpaired) electrons. The molecule has 0 aliphatic heterocycles. The van der Waals surface area contributed by atoms with Crippen molar-refractivity contribution in [3.05, 3.63) is 12.2 Å². The summed E-state index contributed by atoms with van der Waals surface area (Å²) >= 11 is 0. The van der Waals surface area contributed by atoms with Crippen LogP contribution in [0.25, 0.3) is 0 Å². The number of rotatable bonds is 4. The highest BCUT2D eigenvalue weighted by Crippen LogP contribution is 1.91. The van der Waals surface area contributed by atoms with Crippen molar-refractivity contribution >= 4 is 0 Å². The van der Waals surface area contributed by atoms with Gasteiger partial charge in [0.1, 0.15) is 0 Å². The van der Waals surface area contributed by atoms with Gasteiger partial charge in [0.25, 0.3) is 0 Å². The zero-order valence-corrected chi connectivity index (χ0v) is 7.52. The van der Waals surface area contributed by atoms with Crippen molar-refractivity contribution in [3.63, 3.8) is 0 Å². The van der Waals surface area contributed by atoms with Gasteiger partial charge in [0.2, 0.25) is 0 Å². The highest BCUT2D eigenvalue weighted by molar-refractivity contribution is 4.90. The maximum atomic E-state index is 3.84. The maximum Gasteiger partial charge on any atom is 0.0501 e. The molecule has 0 spiro atoms. The van der Waals surface area contributed by atoms with Crippen molar-refractivity contribution in [2.24, 2.45) is 0 Å². The molecule has 0 saturated carbocycles. The molecule has 2 nitrogen and oxygen atoms in total. The first-order valence-corrected chi connectivity index (χ1v) is 3.50. The summed E-state index contributed by atoms with van der Waals surface area (Å²) in [6.45, 7) is 7.87. The van der Waals surface area contributed by atoms with Crippen LogP contribution in [0.2, 0.25) is 0 Å². The molecule has 0 saturated heterocycles.